The van der Waals surface area contributed by atoms with Crippen LogP contribution >= 0.6 is 11.6 Å². The van der Waals surface area contributed by atoms with Crippen LogP contribution in [0.25, 0.3) is 0 Å². The Kier molecular flexibility index (Phi) is 7.57. The lowest BCUT2D eigenvalue weighted by atomic mass is 9.90. The summed E-state index contributed by atoms with van der Waals surface area (Å²) in [4.78, 5) is 10.9. The Hall–Kier alpha value is -1.87. The van der Waals surface area contributed by atoms with E-state index in [2.05, 4.69) is 5.18 Å². The van der Waals surface area contributed by atoms with Gasteiger partial charge in [0, 0.05) is 5.02 Å². The van der Waals surface area contributed by atoms with Gasteiger partial charge in [-0.3, -0.25) is 0 Å². The second-order valence-electron chi connectivity index (χ2n) is 7.55. The topological polar surface area (TPSA) is 120 Å². The summed E-state index contributed by atoms with van der Waals surface area (Å²) in [5.74, 6) is 0. The van der Waals surface area contributed by atoms with Gasteiger partial charge in [-0.25, -0.2) is 0 Å². The van der Waals surface area contributed by atoms with Crippen molar-refractivity contribution in [1.82, 2.24) is 0 Å². The van der Waals surface area contributed by atoms with Crippen molar-refractivity contribution in [3.05, 3.63) is 74.6 Å². The molecule has 3 rings (SSSR count). The molecular weight excluding hydrogens is 410 g/mol. The Balaban J connectivity index is 1.82. The number of aliphatic hydroxyl groups excluding tert-OH is 4. The lowest BCUT2D eigenvalue weighted by molar-refractivity contribution is -0.231. The lowest BCUT2D eigenvalue weighted by Gasteiger charge is -2.40. The van der Waals surface area contributed by atoms with Crippen molar-refractivity contribution in [2.24, 2.45) is 5.18 Å². The van der Waals surface area contributed by atoms with Gasteiger partial charge in [0.25, 0.3) is 0 Å². The van der Waals surface area contributed by atoms with Crippen molar-refractivity contribution >= 4 is 11.6 Å². The summed E-state index contributed by atoms with van der Waals surface area (Å²) in [6.07, 6.45) is -4.94. The van der Waals surface area contributed by atoms with Crippen molar-refractivity contribution < 1.29 is 25.2 Å². The second kappa shape index (κ2) is 9.96. The van der Waals surface area contributed by atoms with E-state index in [-0.39, 0.29) is 6.04 Å². The highest BCUT2D eigenvalue weighted by Crippen LogP contribution is 2.34. The molecule has 1 fully saturated rings. The number of aliphatic hydroxyl groups is 4. The van der Waals surface area contributed by atoms with Crippen LogP contribution in [0.15, 0.2) is 47.6 Å². The van der Waals surface area contributed by atoms with Gasteiger partial charge in [0.15, 0.2) is 0 Å². The zero-order valence-corrected chi connectivity index (χ0v) is 17.3. The van der Waals surface area contributed by atoms with Crippen molar-refractivity contribution in [3.63, 3.8) is 0 Å². The Bertz CT molecular complexity index is 859. The molecule has 4 N–H and O–H groups in total. The normalized spacial score (nSPS) is 27.6. The van der Waals surface area contributed by atoms with E-state index in [4.69, 9.17) is 16.3 Å². The maximum Gasteiger partial charge on any atom is 0.117 e. The first kappa shape index (κ1) is 22.8. The van der Waals surface area contributed by atoms with E-state index in [9.17, 15) is 25.3 Å². The first-order valence-corrected chi connectivity index (χ1v) is 10.3. The van der Waals surface area contributed by atoms with Crippen molar-refractivity contribution in [3.8, 4) is 0 Å². The van der Waals surface area contributed by atoms with Crippen LogP contribution in [0, 0.1) is 4.91 Å². The largest absolute Gasteiger partial charge is 0.394 e. The zero-order chi connectivity index (χ0) is 21.8. The van der Waals surface area contributed by atoms with E-state index in [0.717, 1.165) is 16.7 Å². The van der Waals surface area contributed by atoms with Gasteiger partial charge in [-0.15, -0.1) is 0 Å². The third kappa shape index (κ3) is 4.72. The number of rotatable bonds is 7. The third-order valence-electron chi connectivity index (χ3n) is 5.56. The number of hydrogen-bond donors (Lipinski definition) is 4. The van der Waals surface area contributed by atoms with E-state index in [1.807, 2.05) is 31.2 Å². The van der Waals surface area contributed by atoms with Gasteiger partial charge in [-0.2, -0.15) is 4.91 Å². The summed E-state index contributed by atoms with van der Waals surface area (Å²) in [7, 11) is 0. The Morgan fingerprint density at radius 1 is 1.07 bits per heavy atom. The number of nitrogens with zero attached hydrogens (tertiary/aromatic N) is 1. The van der Waals surface area contributed by atoms with Gasteiger partial charge in [0.1, 0.15) is 36.6 Å². The summed E-state index contributed by atoms with van der Waals surface area (Å²) in [5.41, 5.74) is 3.21. The predicted molar refractivity (Wildman–Crippen MR) is 112 cm³/mol. The summed E-state index contributed by atoms with van der Waals surface area (Å²) in [6, 6.07) is 12.4. The zero-order valence-electron chi connectivity index (χ0n) is 16.6. The van der Waals surface area contributed by atoms with Gasteiger partial charge < -0.3 is 25.2 Å². The molecule has 1 aliphatic rings. The highest BCUT2D eigenvalue weighted by Gasteiger charge is 2.44. The minimum atomic E-state index is -1.44. The Morgan fingerprint density at radius 3 is 2.37 bits per heavy atom. The lowest BCUT2D eigenvalue weighted by Crippen LogP contribution is -2.55. The van der Waals surface area contributed by atoms with E-state index in [0.29, 0.717) is 23.4 Å². The summed E-state index contributed by atoms with van der Waals surface area (Å²) in [5, 5.41) is 43.5. The summed E-state index contributed by atoms with van der Waals surface area (Å²) >= 11 is 6.37. The van der Waals surface area contributed by atoms with Crippen LogP contribution in [0.3, 0.4) is 0 Å². The molecule has 0 spiro atoms. The smallest absolute Gasteiger partial charge is 0.117 e. The van der Waals surface area contributed by atoms with E-state index < -0.39 is 37.1 Å². The fourth-order valence-electron chi connectivity index (χ4n) is 3.73. The van der Waals surface area contributed by atoms with Crippen LogP contribution in [0.2, 0.25) is 5.02 Å². The maximum atomic E-state index is 10.9. The standard InChI is InChI=1S/C22H26ClNO6/c1-2-17(24-29)13-5-3-12(4-6-13)9-15-10-14(7-8-16(15)23)22-21(28)20(27)19(26)18(11-25)30-22/h3-8,10,17-22,25-28H,2,9,11H2,1H3/t17?,18-,19-,20+,21-,22+/m1/s1. The third-order valence-corrected chi connectivity index (χ3v) is 5.93. The van der Waals surface area contributed by atoms with Crippen LogP contribution < -0.4 is 0 Å². The van der Waals surface area contributed by atoms with Crippen LogP contribution in [-0.4, -0.2) is 51.4 Å². The molecule has 30 heavy (non-hydrogen) atoms. The molecule has 0 aromatic heterocycles. The Morgan fingerprint density at radius 2 is 1.77 bits per heavy atom. The number of halogens is 1. The molecule has 0 saturated carbocycles. The minimum absolute atomic E-state index is 0.364. The van der Waals surface area contributed by atoms with E-state index in [1.165, 1.54) is 0 Å². The fraction of sp³-hybridized carbons (Fsp3) is 0.455. The minimum Gasteiger partial charge on any atom is -0.394 e. The summed E-state index contributed by atoms with van der Waals surface area (Å²) < 4.78 is 5.64. The molecule has 0 bridgehead atoms. The van der Waals surface area contributed by atoms with Gasteiger partial charge in [-0.05, 0) is 41.2 Å². The van der Waals surface area contributed by atoms with E-state index in [1.54, 1.807) is 18.2 Å². The fourth-order valence-corrected chi connectivity index (χ4v) is 3.92. The summed E-state index contributed by atoms with van der Waals surface area (Å²) in [6.45, 7) is 1.42. The van der Waals surface area contributed by atoms with Gasteiger partial charge in [0.05, 0.1) is 6.61 Å². The number of nitroso groups, excluding NO2 is 1. The first-order valence-electron chi connectivity index (χ1n) is 9.89. The predicted octanol–water partition coefficient (Wildman–Crippen LogP) is 2.66. The monoisotopic (exact) mass is 435 g/mol. The molecular formula is C22H26ClNO6. The Labute approximate surface area is 179 Å². The number of benzene rings is 2. The van der Waals surface area contributed by atoms with Crippen molar-refractivity contribution in [2.75, 3.05) is 6.61 Å². The average molecular weight is 436 g/mol. The molecule has 162 valence electrons. The SMILES string of the molecule is CCC(N=O)c1ccc(Cc2cc([C@@H]3O[C@H](CO)[C@@H](O)[C@H](O)[C@H]3O)ccc2Cl)cc1. The molecule has 0 amide bonds. The van der Waals surface area contributed by atoms with Crippen LogP contribution in [0.5, 0.6) is 0 Å². The quantitative estimate of drug-likeness (QED) is 0.496. The van der Waals surface area contributed by atoms with E-state index >= 15 is 0 Å². The second-order valence-corrected chi connectivity index (χ2v) is 7.96. The highest BCUT2D eigenvalue weighted by atomic mass is 35.5. The molecule has 0 aliphatic carbocycles. The van der Waals surface area contributed by atoms with Gasteiger partial charge >= 0.3 is 0 Å². The average Bonchev–Trinajstić information content (AvgIpc) is 2.76. The number of hydrogen-bond acceptors (Lipinski definition) is 7. The van der Waals surface area contributed by atoms with Gasteiger partial charge in [-0.1, -0.05) is 60.1 Å². The van der Waals surface area contributed by atoms with Gasteiger partial charge in [0.2, 0.25) is 0 Å². The van der Waals surface area contributed by atoms with Crippen LogP contribution in [0.1, 0.15) is 47.7 Å². The molecule has 1 heterocycles. The van der Waals surface area contributed by atoms with Crippen molar-refractivity contribution in [2.45, 2.75) is 56.3 Å². The molecule has 1 unspecified atom stereocenters. The molecule has 2 aromatic rings. The maximum absolute atomic E-state index is 10.9. The molecule has 7 nitrogen and oxygen atoms in total. The molecule has 1 aliphatic heterocycles. The molecule has 8 heteroatoms. The van der Waals surface area contributed by atoms with Crippen LogP contribution in [0.4, 0.5) is 0 Å². The van der Waals surface area contributed by atoms with Crippen LogP contribution in [-0.2, 0) is 11.2 Å². The first-order chi connectivity index (χ1) is 14.4. The van der Waals surface area contributed by atoms with Crippen molar-refractivity contribution in [1.29, 1.82) is 0 Å². The highest BCUT2D eigenvalue weighted by molar-refractivity contribution is 6.31. The molecule has 1 saturated heterocycles. The molecule has 2 aromatic carbocycles. The molecule has 0 radical (unpaired) electrons. The number of ether oxygens (including phenoxy) is 1. The molecule has 6 atom stereocenters.